The Morgan fingerprint density at radius 1 is 1.18 bits per heavy atom. The molecule has 4 nitrogen and oxygen atoms in total. The normalized spacial score (nSPS) is 24.1. The minimum absolute atomic E-state index is 0.0445. The summed E-state index contributed by atoms with van der Waals surface area (Å²) in [4.78, 5) is 26.7. The number of carbonyl (C=O) groups excluding carboxylic acids is 2. The van der Waals surface area contributed by atoms with Crippen LogP contribution in [0, 0.1) is 11.3 Å². The summed E-state index contributed by atoms with van der Waals surface area (Å²) in [6.45, 7) is 11.3. The van der Waals surface area contributed by atoms with Crippen molar-refractivity contribution in [3.8, 4) is 0 Å². The van der Waals surface area contributed by atoms with Gasteiger partial charge in [0, 0.05) is 24.5 Å². The van der Waals surface area contributed by atoms with E-state index in [1.807, 2.05) is 4.90 Å². The molecule has 0 radical (unpaired) electrons. The van der Waals surface area contributed by atoms with Gasteiger partial charge in [0.15, 0.2) is 0 Å². The predicted molar refractivity (Wildman–Crippen MR) is 88.4 cm³/mol. The second-order valence-corrected chi connectivity index (χ2v) is 9.00. The number of nitrogens with one attached hydrogen (secondary N) is 1. The zero-order valence-corrected chi connectivity index (χ0v) is 14.9. The van der Waals surface area contributed by atoms with Crippen LogP contribution in [0.5, 0.6) is 0 Å². The van der Waals surface area contributed by atoms with Crippen LogP contribution in [-0.2, 0) is 9.59 Å². The highest BCUT2D eigenvalue weighted by Crippen LogP contribution is 2.31. The van der Waals surface area contributed by atoms with E-state index in [0.717, 1.165) is 19.3 Å². The molecule has 1 saturated heterocycles. The Bertz CT molecular complexity index is 431. The first kappa shape index (κ1) is 17.3. The van der Waals surface area contributed by atoms with Gasteiger partial charge in [0.05, 0.1) is 5.92 Å². The topological polar surface area (TPSA) is 49.4 Å². The number of amides is 2. The summed E-state index contributed by atoms with van der Waals surface area (Å²) in [6.07, 6.45) is 5.94. The van der Waals surface area contributed by atoms with Crippen molar-refractivity contribution in [2.24, 2.45) is 11.3 Å². The van der Waals surface area contributed by atoms with Crippen molar-refractivity contribution in [3.05, 3.63) is 0 Å². The maximum absolute atomic E-state index is 12.6. The lowest BCUT2D eigenvalue weighted by Crippen LogP contribution is -2.48. The van der Waals surface area contributed by atoms with Crippen molar-refractivity contribution in [2.45, 2.75) is 84.7 Å². The molecule has 1 atom stereocenters. The summed E-state index contributed by atoms with van der Waals surface area (Å²) in [5.74, 6) is 0.0381. The van der Waals surface area contributed by atoms with Crippen molar-refractivity contribution < 1.29 is 9.59 Å². The highest BCUT2D eigenvalue weighted by Gasteiger charge is 2.40. The Kier molecular flexibility index (Phi) is 4.88. The van der Waals surface area contributed by atoms with Gasteiger partial charge in [-0.15, -0.1) is 0 Å². The number of hydrogen-bond donors (Lipinski definition) is 1. The molecule has 2 rings (SSSR count). The standard InChI is InChI=1S/C18H32N2O2/c1-17(2,3)12-18(4,5)19-16(22)13-10-15(21)20(11-13)14-8-6-7-9-14/h13-14H,6-12H2,1-5H3,(H,19,22)/t13-/m1/s1. The van der Waals surface area contributed by atoms with Crippen LogP contribution in [0.2, 0.25) is 0 Å². The third-order valence-electron chi connectivity index (χ3n) is 4.73. The van der Waals surface area contributed by atoms with Gasteiger partial charge in [-0.3, -0.25) is 9.59 Å². The van der Waals surface area contributed by atoms with E-state index < -0.39 is 0 Å². The van der Waals surface area contributed by atoms with Crippen molar-refractivity contribution in [1.29, 1.82) is 0 Å². The second kappa shape index (κ2) is 6.21. The van der Waals surface area contributed by atoms with Gasteiger partial charge in [0.2, 0.25) is 11.8 Å². The summed E-state index contributed by atoms with van der Waals surface area (Å²) in [6, 6.07) is 0.382. The van der Waals surface area contributed by atoms with Crippen LogP contribution in [0.15, 0.2) is 0 Å². The summed E-state index contributed by atoms with van der Waals surface area (Å²) < 4.78 is 0. The molecule has 2 fully saturated rings. The van der Waals surface area contributed by atoms with Crippen LogP contribution in [0.1, 0.15) is 73.1 Å². The molecule has 1 aliphatic carbocycles. The number of carbonyl (C=O) groups is 2. The first-order chi connectivity index (χ1) is 10.1. The van der Waals surface area contributed by atoms with Gasteiger partial charge in [0.1, 0.15) is 0 Å². The van der Waals surface area contributed by atoms with Gasteiger partial charge < -0.3 is 10.2 Å². The van der Waals surface area contributed by atoms with Crippen molar-refractivity contribution in [2.75, 3.05) is 6.54 Å². The molecule has 1 saturated carbocycles. The molecule has 0 aromatic carbocycles. The van der Waals surface area contributed by atoms with E-state index in [-0.39, 0.29) is 28.7 Å². The molecule has 2 aliphatic rings. The van der Waals surface area contributed by atoms with Gasteiger partial charge in [-0.25, -0.2) is 0 Å². The third kappa shape index (κ3) is 4.47. The maximum atomic E-state index is 12.6. The Morgan fingerprint density at radius 2 is 1.77 bits per heavy atom. The van der Waals surface area contributed by atoms with Crippen LogP contribution in [0.25, 0.3) is 0 Å². The Morgan fingerprint density at radius 3 is 2.32 bits per heavy atom. The molecule has 1 N–H and O–H groups in total. The van der Waals surface area contributed by atoms with E-state index in [4.69, 9.17) is 0 Å². The second-order valence-electron chi connectivity index (χ2n) is 9.00. The van der Waals surface area contributed by atoms with Crippen molar-refractivity contribution >= 4 is 11.8 Å². The highest BCUT2D eigenvalue weighted by molar-refractivity contribution is 5.89. The van der Waals surface area contributed by atoms with Crippen molar-refractivity contribution in [3.63, 3.8) is 0 Å². The molecule has 1 heterocycles. The lowest BCUT2D eigenvalue weighted by Gasteiger charge is -2.34. The molecule has 126 valence electrons. The van der Waals surface area contributed by atoms with E-state index in [0.29, 0.717) is 19.0 Å². The largest absolute Gasteiger partial charge is 0.351 e. The van der Waals surface area contributed by atoms with Gasteiger partial charge in [0.25, 0.3) is 0 Å². The van der Waals surface area contributed by atoms with Gasteiger partial charge in [-0.1, -0.05) is 33.6 Å². The van der Waals surface area contributed by atoms with Crippen LogP contribution in [0.4, 0.5) is 0 Å². The maximum Gasteiger partial charge on any atom is 0.225 e. The molecule has 4 heteroatoms. The van der Waals surface area contributed by atoms with E-state index in [2.05, 4.69) is 39.9 Å². The average molecular weight is 308 g/mol. The lowest BCUT2D eigenvalue weighted by atomic mass is 9.81. The molecule has 22 heavy (non-hydrogen) atoms. The van der Waals surface area contributed by atoms with Crippen LogP contribution in [-0.4, -0.2) is 34.8 Å². The Balaban J connectivity index is 1.92. The molecule has 0 aromatic heterocycles. The number of nitrogens with zero attached hydrogens (tertiary/aromatic N) is 1. The minimum Gasteiger partial charge on any atom is -0.351 e. The quantitative estimate of drug-likeness (QED) is 0.867. The number of rotatable bonds is 4. The first-order valence-electron chi connectivity index (χ1n) is 8.69. The minimum atomic E-state index is -0.237. The van der Waals surface area contributed by atoms with Gasteiger partial charge >= 0.3 is 0 Å². The fourth-order valence-corrected chi connectivity index (χ4v) is 4.28. The molecule has 0 aromatic rings. The van der Waals surface area contributed by atoms with Crippen LogP contribution >= 0.6 is 0 Å². The third-order valence-corrected chi connectivity index (χ3v) is 4.73. The van der Waals surface area contributed by atoms with Gasteiger partial charge in [-0.2, -0.15) is 0 Å². The number of likely N-dealkylation sites (tertiary alicyclic amines) is 1. The average Bonchev–Trinajstić information content (AvgIpc) is 2.92. The predicted octanol–water partition coefficient (Wildman–Crippen LogP) is 3.11. The van der Waals surface area contributed by atoms with E-state index in [1.165, 1.54) is 12.8 Å². The van der Waals surface area contributed by atoms with Crippen LogP contribution in [0.3, 0.4) is 0 Å². The number of hydrogen-bond acceptors (Lipinski definition) is 2. The summed E-state index contributed by atoms with van der Waals surface area (Å²) in [5.41, 5.74) is -0.0721. The van der Waals surface area contributed by atoms with E-state index in [1.54, 1.807) is 0 Å². The van der Waals surface area contributed by atoms with Crippen LogP contribution < -0.4 is 5.32 Å². The fourth-order valence-electron chi connectivity index (χ4n) is 4.28. The molecular weight excluding hydrogens is 276 g/mol. The SMILES string of the molecule is CC(C)(C)CC(C)(C)NC(=O)[C@@H]1CC(=O)N(C2CCCC2)C1. The molecule has 0 spiro atoms. The molecule has 1 aliphatic heterocycles. The zero-order chi connectivity index (χ0) is 16.5. The molecule has 0 unspecified atom stereocenters. The summed E-state index contributed by atoms with van der Waals surface area (Å²) in [7, 11) is 0. The molecular formula is C18H32N2O2. The molecule has 0 bridgehead atoms. The Hall–Kier alpha value is -1.06. The zero-order valence-electron chi connectivity index (χ0n) is 14.9. The molecule has 2 amide bonds. The smallest absolute Gasteiger partial charge is 0.225 e. The Labute approximate surface area is 135 Å². The van der Waals surface area contributed by atoms with Crippen molar-refractivity contribution in [1.82, 2.24) is 10.2 Å². The lowest BCUT2D eigenvalue weighted by molar-refractivity contribution is -0.130. The summed E-state index contributed by atoms with van der Waals surface area (Å²) in [5, 5.41) is 3.17. The van der Waals surface area contributed by atoms with E-state index >= 15 is 0 Å². The summed E-state index contributed by atoms with van der Waals surface area (Å²) >= 11 is 0. The van der Waals surface area contributed by atoms with Gasteiger partial charge in [-0.05, 0) is 38.5 Å². The van der Waals surface area contributed by atoms with E-state index in [9.17, 15) is 9.59 Å². The fraction of sp³-hybridized carbons (Fsp3) is 0.889. The highest BCUT2D eigenvalue weighted by atomic mass is 16.2. The monoisotopic (exact) mass is 308 g/mol. The first-order valence-corrected chi connectivity index (χ1v) is 8.69.